The number of hydrogen-bond acceptors (Lipinski definition) is 5. The summed E-state index contributed by atoms with van der Waals surface area (Å²) in [6.07, 6.45) is 1.02. The lowest BCUT2D eigenvalue weighted by atomic mass is 10.2. The summed E-state index contributed by atoms with van der Waals surface area (Å²) in [6, 6.07) is 5.07. The summed E-state index contributed by atoms with van der Waals surface area (Å²) in [7, 11) is -1.96. The van der Waals surface area contributed by atoms with Crippen molar-refractivity contribution >= 4 is 21.4 Å². The van der Waals surface area contributed by atoms with E-state index < -0.39 is 21.0 Å². The lowest BCUT2D eigenvalue weighted by molar-refractivity contribution is -0.115. The Morgan fingerprint density at radius 1 is 1.47 bits per heavy atom. The molecule has 1 unspecified atom stereocenters. The van der Waals surface area contributed by atoms with Crippen LogP contribution in [0.15, 0.2) is 18.2 Å². The number of anilines is 1. The Morgan fingerprint density at radius 3 is 2.58 bits per heavy atom. The Labute approximate surface area is 112 Å². The molecular formula is C12H18N2O4S. The van der Waals surface area contributed by atoms with Crippen molar-refractivity contribution in [1.82, 2.24) is 0 Å². The Balaban J connectivity index is 2.97. The molecule has 1 aromatic rings. The molecule has 0 saturated heterocycles. The molecule has 0 aromatic heterocycles. The zero-order valence-corrected chi connectivity index (χ0v) is 12.0. The van der Waals surface area contributed by atoms with Crippen molar-refractivity contribution in [1.29, 1.82) is 0 Å². The molecule has 0 aliphatic rings. The summed E-state index contributed by atoms with van der Waals surface area (Å²) in [6.45, 7) is 1.69. The van der Waals surface area contributed by atoms with Crippen LogP contribution < -0.4 is 15.8 Å². The van der Waals surface area contributed by atoms with Crippen molar-refractivity contribution in [3.8, 4) is 5.75 Å². The van der Waals surface area contributed by atoms with Crippen LogP contribution in [-0.2, 0) is 21.2 Å². The van der Waals surface area contributed by atoms with Crippen molar-refractivity contribution in [2.24, 2.45) is 5.73 Å². The average Bonchev–Trinajstić information content (AvgIpc) is 2.37. The third kappa shape index (κ3) is 3.93. The number of methoxy groups -OCH3 is 1. The predicted molar refractivity (Wildman–Crippen MR) is 73.8 cm³/mol. The summed E-state index contributed by atoms with van der Waals surface area (Å²) in [4.78, 5) is 11.8. The van der Waals surface area contributed by atoms with Gasteiger partial charge in [0.15, 0.2) is 9.84 Å². The summed E-state index contributed by atoms with van der Waals surface area (Å²) in [5.41, 5.74) is 6.78. The van der Waals surface area contributed by atoms with Gasteiger partial charge in [-0.1, -0.05) is 6.07 Å². The van der Waals surface area contributed by atoms with E-state index in [1.54, 1.807) is 18.2 Å². The molecular weight excluding hydrogens is 268 g/mol. The van der Waals surface area contributed by atoms with Gasteiger partial charge in [-0.2, -0.15) is 0 Å². The molecule has 0 radical (unpaired) electrons. The van der Waals surface area contributed by atoms with Crippen LogP contribution in [0.4, 0.5) is 5.69 Å². The quantitative estimate of drug-likeness (QED) is 0.822. The van der Waals surface area contributed by atoms with Gasteiger partial charge in [-0.05, 0) is 24.6 Å². The van der Waals surface area contributed by atoms with Gasteiger partial charge in [0, 0.05) is 12.8 Å². The third-order valence-corrected chi connectivity index (χ3v) is 4.27. The van der Waals surface area contributed by atoms with Gasteiger partial charge < -0.3 is 15.8 Å². The highest BCUT2D eigenvalue weighted by molar-refractivity contribution is 7.92. The normalized spacial score (nSPS) is 12.8. The molecule has 0 bridgehead atoms. The Hall–Kier alpha value is -1.60. The average molecular weight is 286 g/mol. The van der Waals surface area contributed by atoms with E-state index in [-0.39, 0.29) is 0 Å². The molecule has 6 nitrogen and oxygen atoms in total. The maximum Gasteiger partial charge on any atom is 0.242 e. The maximum atomic E-state index is 11.8. The topological polar surface area (TPSA) is 98.5 Å². The largest absolute Gasteiger partial charge is 0.495 e. The molecule has 0 spiro atoms. The van der Waals surface area contributed by atoms with Gasteiger partial charge in [0.25, 0.3) is 0 Å². The van der Waals surface area contributed by atoms with Gasteiger partial charge in [0.1, 0.15) is 11.0 Å². The number of benzene rings is 1. The highest BCUT2D eigenvalue weighted by Crippen LogP contribution is 2.25. The molecule has 0 heterocycles. The number of carbonyl (C=O) groups excluding carboxylic acids is 1. The Bertz CT molecular complexity index is 569. The van der Waals surface area contributed by atoms with Crippen LogP contribution in [0.2, 0.25) is 0 Å². The van der Waals surface area contributed by atoms with Gasteiger partial charge in [0.05, 0.1) is 12.8 Å². The van der Waals surface area contributed by atoms with Gasteiger partial charge in [0.2, 0.25) is 5.91 Å². The fourth-order valence-corrected chi connectivity index (χ4v) is 1.84. The van der Waals surface area contributed by atoms with Gasteiger partial charge in [-0.3, -0.25) is 4.79 Å². The molecule has 106 valence electrons. The first kappa shape index (κ1) is 15.5. The second-order valence-electron chi connectivity index (χ2n) is 4.20. The van der Waals surface area contributed by atoms with Gasteiger partial charge in [-0.25, -0.2) is 8.42 Å². The van der Waals surface area contributed by atoms with Gasteiger partial charge in [-0.15, -0.1) is 0 Å². The molecule has 1 atom stereocenters. The number of carbonyl (C=O) groups is 1. The second kappa shape index (κ2) is 6.03. The number of sulfone groups is 1. The smallest absolute Gasteiger partial charge is 0.242 e. The zero-order valence-electron chi connectivity index (χ0n) is 11.1. The fraction of sp³-hybridized carbons (Fsp3) is 0.417. The van der Waals surface area contributed by atoms with E-state index in [1.165, 1.54) is 14.0 Å². The fourth-order valence-electron chi connectivity index (χ4n) is 1.39. The molecule has 19 heavy (non-hydrogen) atoms. The highest BCUT2D eigenvalue weighted by atomic mass is 32.2. The lowest BCUT2D eigenvalue weighted by Gasteiger charge is -2.14. The molecule has 1 rings (SSSR count). The Kier molecular flexibility index (Phi) is 4.90. The molecule has 0 fully saturated rings. The molecule has 0 saturated carbocycles. The molecule has 3 N–H and O–H groups in total. The van der Waals surface area contributed by atoms with E-state index >= 15 is 0 Å². The van der Waals surface area contributed by atoms with E-state index in [9.17, 15) is 13.2 Å². The summed E-state index contributed by atoms with van der Waals surface area (Å²) in [5.74, 6) is -0.154. The van der Waals surface area contributed by atoms with Crippen LogP contribution in [0.3, 0.4) is 0 Å². The van der Waals surface area contributed by atoms with Crippen molar-refractivity contribution < 1.29 is 17.9 Å². The number of rotatable bonds is 5. The van der Waals surface area contributed by atoms with Crippen molar-refractivity contribution in [3.63, 3.8) is 0 Å². The zero-order chi connectivity index (χ0) is 14.6. The number of nitrogens with one attached hydrogen (secondary N) is 1. The summed E-state index contributed by atoms with van der Waals surface area (Å²) >= 11 is 0. The molecule has 0 aliphatic heterocycles. The van der Waals surface area contributed by atoms with Crippen LogP contribution in [0.25, 0.3) is 0 Å². The molecule has 0 aliphatic carbocycles. The minimum atomic E-state index is -3.43. The number of ether oxygens (including phenoxy) is 1. The van der Waals surface area contributed by atoms with E-state index in [0.29, 0.717) is 18.0 Å². The summed E-state index contributed by atoms with van der Waals surface area (Å²) in [5, 5.41) is 1.42. The van der Waals surface area contributed by atoms with Crippen LogP contribution in [0.5, 0.6) is 5.75 Å². The standard InChI is InChI=1S/C12H18N2O4S/c1-8(19(3,16)17)12(15)14-10-5-4-9(7-13)6-11(10)18-2/h4-6,8H,7,13H2,1-3H3,(H,14,15). The van der Waals surface area contributed by atoms with E-state index in [4.69, 9.17) is 10.5 Å². The lowest BCUT2D eigenvalue weighted by Crippen LogP contribution is -2.31. The Morgan fingerprint density at radius 2 is 2.11 bits per heavy atom. The van der Waals surface area contributed by atoms with Crippen LogP contribution in [-0.4, -0.2) is 32.9 Å². The van der Waals surface area contributed by atoms with Crippen molar-refractivity contribution in [2.45, 2.75) is 18.7 Å². The summed E-state index contributed by atoms with van der Waals surface area (Å²) < 4.78 is 27.8. The predicted octanol–water partition coefficient (Wildman–Crippen LogP) is 0.525. The SMILES string of the molecule is COc1cc(CN)ccc1NC(=O)C(C)S(C)(=O)=O. The van der Waals surface area contributed by atoms with Crippen LogP contribution >= 0.6 is 0 Å². The number of amides is 1. The molecule has 7 heteroatoms. The van der Waals surface area contributed by atoms with Crippen molar-refractivity contribution in [3.05, 3.63) is 23.8 Å². The van der Waals surface area contributed by atoms with E-state index in [0.717, 1.165) is 11.8 Å². The first-order valence-electron chi connectivity index (χ1n) is 5.66. The van der Waals surface area contributed by atoms with Crippen LogP contribution in [0, 0.1) is 0 Å². The van der Waals surface area contributed by atoms with Crippen molar-refractivity contribution in [2.75, 3.05) is 18.7 Å². The minimum absolute atomic E-state index is 0.352. The monoisotopic (exact) mass is 286 g/mol. The van der Waals surface area contributed by atoms with E-state index in [1.807, 2.05) is 0 Å². The van der Waals surface area contributed by atoms with Gasteiger partial charge >= 0.3 is 0 Å². The highest BCUT2D eigenvalue weighted by Gasteiger charge is 2.24. The first-order valence-corrected chi connectivity index (χ1v) is 7.61. The third-order valence-electron chi connectivity index (χ3n) is 2.77. The molecule has 1 aromatic carbocycles. The number of hydrogen-bond donors (Lipinski definition) is 2. The minimum Gasteiger partial charge on any atom is -0.495 e. The van der Waals surface area contributed by atoms with E-state index in [2.05, 4.69) is 5.32 Å². The van der Waals surface area contributed by atoms with Crippen LogP contribution in [0.1, 0.15) is 12.5 Å². The maximum absolute atomic E-state index is 11.8. The molecule has 1 amide bonds. The second-order valence-corrected chi connectivity index (χ2v) is 6.57. The first-order chi connectivity index (χ1) is 8.79. The number of nitrogens with two attached hydrogens (primary N) is 1.